The summed E-state index contributed by atoms with van der Waals surface area (Å²) >= 11 is 1.83. The van der Waals surface area contributed by atoms with Gasteiger partial charge in [0.15, 0.2) is 0 Å². The smallest absolute Gasteiger partial charge is 0.148 e. The van der Waals surface area contributed by atoms with Crippen LogP contribution in [0.2, 0.25) is 0 Å². The number of hydrogen-bond donors (Lipinski definition) is 3. The van der Waals surface area contributed by atoms with E-state index in [4.69, 9.17) is 5.84 Å². The van der Waals surface area contributed by atoms with Gasteiger partial charge in [-0.15, -0.1) is 11.3 Å². The molecule has 0 unspecified atom stereocenters. The number of rotatable bonds is 6. The lowest BCUT2D eigenvalue weighted by atomic mass is 10.2. The Morgan fingerprint density at radius 1 is 1.11 bits per heavy atom. The van der Waals surface area contributed by atoms with Crippen LogP contribution in [0.3, 0.4) is 0 Å². The lowest BCUT2D eigenvalue weighted by Gasteiger charge is -2.11. The summed E-state index contributed by atoms with van der Waals surface area (Å²) in [6.07, 6.45) is 3.43. The van der Waals surface area contributed by atoms with Gasteiger partial charge in [-0.1, -0.05) is 13.8 Å². The van der Waals surface area contributed by atoms with Crippen LogP contribution in [0.15, 0.2) is 18.5 Å². The third-order valence-corrected chi connectivity index (χ3v) is 4.16. The summed E-state index contributed by atoms with van der Waals surface area (Å²) < 4.78 is 0. The van der Waals surface area contributed by atoms with Crippen molar-refractivity contribution >= 4 is 23.0 Å². The second-order valence-electron chi connectivity index (χ2n) is 4.12. The van der Waals surface area contributed by atoms with Crippen LogP contribution in [0.25, 0.3) is 0 Å². The molecule has 2 rings (SSSR count). The van der Waals surface area contributed by atoms with E-state index in [9.17, 15) is 0 Å². The molecule has 6 heteroatoms. The molecule has 0 amide bonds. The zero-order valence-electron chi connectivity index (χ0n) is 11.2. The lowest BCUT2D eigenvalue weighted by Crippen LogP contribution is -2.13. The molecule has 0 fully saturated rings. The molecule has 0 radical (unpaired) electrons. The molecule has 0 bridgehead atoms. The number of aromatic nitrogens is 2. The predicted molar refractivity (Wildman–Crippen MR) is 80.2 cm³/mol. The molecule has 0 aromatic carbocycles. The number of aryl methyl sites for hydroxylation is 1. The zero-order chi connectivity index (χ0) is 13.7. The molecule has 5 nitrogen and oxygen atoms in total. The van der Waals surface area contributed by atoms with E-state index in [-0.39, 0.29) is 0 Å². The summed E-state index contributed by atoms with van der Waals surface area (Å²) in [5.74, 6) is 6.98. The highest BCUT2D eigenvalue weighted by molar-refractivity contribution is 7.12. The molecule has 0 aliphatic rings. The first kappa shape index (κ1) is 13.8. The van der Waals surface area contributed by atoms with Crippen LogP contribution < -0.4 is 16.6 Å². The van der Waals surface area contributed by atoms with Gasteiger partial charge >= 0.3 is 0 Å². The van der Waals surface area contributed by atoms with Crippen LogP contribution in [-0.2, 0) is 19.4 Å². The summed E-state index contributed by atoms with van der Waals surface area (Å²) in [4.78, 5) is 11.1. The molecule has 0 spiro atoms. The summed E-state index contributed by atoms with van der Waals surface area (Å²) in [6, 6.07) is 4.33. The van der Waals surface area contributed by atoms with E-state index in [1.54, 1.807) is 0 Å². The number of nitrogens with one attached hydrogen (secondary N) is 2. The van der Waals surface area contributed by atoms with E-state index in [0.29, 0.717) is 5.82 Å². The van der Waals surface area contributed by atoms with E-state index in [1.165, 1.54) is 16.1 Å². The highest BCUT2D eigenvalue weighted by Crippen LogP contribution is 2.22. The Morgan fingerprint density at radius 3 is 2.47 bits per heavy atom. The Labute approximate surface area is 117 Å². The minimum atomic E-state index is 0.681. The fraction of sp³-hybridized carbons (Fsp3) is 0.385. The van der Waals surface area contributed by atoms with Crippen molar-refractivity contribution in [1.82, 2.24) is 9.97 Å². The van der Waals surface area contributed by atoms with Gasteiger partial charge in [0.05, 0.1) is 6.54 Å². The van der Waals surface area contributed by atoms with Gasteiger partial charge in [-0.25, -0.2) is 15.8 Å². The largest absolute Gasteiger partial charge is 0.365 e. The van der Waals surface area contributed by atoms with Crippen molar-refractivity contribution in [2.24, 2.45) is 5.84 Å². The Bertz CT molecular complexity index is 538. The van der Waals surface area contributed by atoms with Crippen molar-refractivity contribution in [3.8, 4) is 0 Å². The first-order valence-electron chi connectivity index (χ1n) is 6.40. The van der Waals surface area contributed by atoms with E-state index in [1.807, 2.05) is 11.3 Å². The van der Waals surface area contributed by atoms with Crippen molar-refractivity contribution in [3.05, 3.63) is 33.8 Å². The van der Waals surface area contributed by atoms with Crippen LogP contribution in [0, 0.1) is 0 Å². The molecule has 0 aliphatic carbocycles. The van der Waals surface area contributed by atoms with Crippen LogP contribution in [0.4, 0.5) is 11.6 Å². The summed E-state index contributed by atoms with van der Waals surface area (Å²) in [6.45, 7) is 5.01. The average molecular weight is 277 g/mol. The maximum atomic E-state index is 5.46. The van der Waals surface area contributed by atoms with Crippen molar-refractivity contribution in [1.29, 1.82) is 0 Å². The van der Waals surface area contributed by atoms with Crippen LogP contribution in [0.5, 0.6) is 0 Å². The van der Waals surface area contributed by atoms with Crippen LogP contribution in [0.1, 0.15) is 29.2 Å². The number of hydrazine groups is 1. The number of anilines is 2. The third-order valence-electron chi connectivity index (χ3n) is 2.93. The summed E-state index contributed by atoms with van der Waals surface area (Å²) in [5.41, 5.74) is 3.62. The number of hydrogen-bond acceptors (Lipinski definition) is 6. The molecule has 0 aliphatic heterocycles. The Hall–Kier alpha value is -1.66. The average Bonchev–Trinajstić information content (AvgIpc) is 2.92. The summed E-state index contributed by atoms with van der Waals surface area (Å²) in [5, 5.41) is 3.36. The van der Waals surface area contributed by atoms with Crippen LogP contribution >= 0.6 is 11.3 Å². The molecule has 0 atom stereocenters. The molecule has 2 aromatic heterocycles. The maximum Gasteiger partial charge on any atom is 0.148 e. The quantitative estimate of drug-likeness (QED) is 0.559. The van der Waals surface area contributed by atoms with Gasteiger partial charge in [0.25, 0.3) is 0 Å². The molecule has 0 saturated carbocycles. The molecular weight excluding hydrogens is 258 g/mol. The molecular formula is C13H19N5S. The van der Waals surface area contributed by atoms with Gasteiger partial charge in [-0.2, -0.15) is 0 Å². The zero-order valence-corrected chi connectivity index (χ0v) is 12.0. The second kappa shape index (κ2) is 6.49. The number of thiophene rings is 1. The molecule has 2 heterocycles. The van der Waals surface area contributed by atoms with E-state index >= 15 is 0 Å². The fourth-order valence-corrected chi connectivity index (χ4v) is 2.80. The number of nitrogens with two attached hydrogens (primary N) is 1. The van der Waals surface area contributed by atoms with Crippen LogP contribution in [-0.4, -0.2) is 9.97 Å². The van der Waals surface area contributed by atoms with E-state index in [2.05, 4.69) is 46.7 Å². The molecule has 19 heavy (non-hydrogen) atoms. The minimum absolute atomic E-state index is 0.681. The normalized spacial score (nSPS) is 10.5. The summed E-state index contributed by atoms with van der Waals surface area (Å²) in [7, 11) is 0. The highest BCUT2D eigenvalue weighted by atomic mass is 32.1. The van der Waals surface area contributed by atoms with Gasteiger partial charge in [-0.3, -0.25) is 0 Å². The monoisotopic (exact) mass is 277 g/mol. The minimum Gasteiger partial charge on any atom is -0.365 e. The maximum absolute atomic E-state index is 5.46. The van der Waals surface area contributed by atoms with Crippen molar-refractivity contribution in [3.63, 3.8) is 0 Å². The van der Waals surface area contributed by atoms with Gasteiger partial charge in [0, 0.05) is 15.3 Å². The molecule has 2 aromatic rings. The molecule has 102 valence electrons. The first-order chi connectivity index (χ1) is 9.28. The number of nitrogens with zero attached hydrogens (tertiary/aromatic N) is 2. The Kier molecular flexibility index (Phi) is 4.70. The molecule has 0 saturated heterocycles. The van der Waals surface area contributed by atoms with E-state index < -0.39 is 0 Å². The van der Waals surface area contributed by atoms with E-state index in [0.717, 1.165) is 30.8 Å². The van der Waals surface area contributed by atoms with Crippen molar-refractivity contribution in [2.45, 2.75) is 33.2 Å². The SMILES string of the molecule is CCc1ccc(CNc2ncnc(NN)c2CC)s1. The predicted octanol–water partition coefficient (Wildman–Crippen LogP) is 2.56. The lowest BCUT2D eigenvalue weighted by molar-refractivity contribution is 1.01. The Balaban J connectivity index is 2.10. The van der Waals surface area contributed by atoms with Crippen molar-refractivity contribution < 1.29 is 0 Å². The van der Waals surface area contributed by atoms with Gasteiger partial charge in [0.2, 0.25) is 0 Å². The van der Waals surface area contributed by atoms with Gasteiger partial charge in [-0.05, 0) is 25.0 Å². The third kappa shape index (κ3) is 3.21. The fourth-order valence-electron chi connectivity index (χ4n) is 1.90. The van der Waals surface area contributed by atoms with Crippen molar-refractivity contribution in [2.75, 3.05) is 10.7 Å². The number of nitrogen functional groups attached to an aromatic ring is 1. The van der Waals surface area contributed by atoms with Gasteiger partial charge in [0.1, 0.15) is 18.0 Å². The van der Waals surface area contributed by atoms with Gasteiger partial charge < -0.3 is 10.7 Å². The molecule has 4 N–H and O–H groups in total. The highest BCUT2D eigenvalue weighted by Gasteiger charge is 2.08. The first-order valence-corrected chi connectivity index (χ1v) is 7.22. The second-order valence-corrected chi connectivity index (χ2v) is 5.38. The Morgan fingerprint density at radius 2 is 1.84 bits per heavy atom. The standard InChI is InChI=1S/C13H19N5S/c1-3-9-5-6-10(19-9)7-15-12-11(4-2)13(18-14)17-8-16-12/h5-6,8H,3-4,7,14H2,1-2H3,(H2,15,16,17,18). The topological polar surface area (TPSA) is 75.9 Å².